The van der Waals surface area contributed by atoms with Gasteiger partial charge in [0.2, 0.25) is 6.79 Å². The Morgan fingerprint density at radius 2 is 2.14 bits per heavy atom. The van der Waals surface area contributed by atoms with E-state index in [-0.39, 0.29) is 13.2 Å². The molecule has 21 heavy (non-hydrogen) atoms. The molecule has 0 bridgehead atoms. The largest absolute Gasteiger partial charge is 0.481 e. The molecular formula is C15H18N2O4. The van der Waals surface area contributed by atoms with E-state index in [1.165, 1.54) is 0 Å². The van der Waals surface area contributed by atoms with Crippen LogP contribution < -0.4 is 9.47 Å². The third-order valence-electron chi connectivity index (χ3n) is 3.62. The second-order valence-corrected chi connectivity index (χ2v) is 5.12. The van der Waals surface area contributed by atoms with Crippen LogP contribution in [-0.2, 0) is 17.8 Å². The van der Waals surface area contributed by atoms with E-state index in [0.29, 0.717) is 18.0 Å². The number of nitrogens with zero attached hydrogens (tertiary/aromatic N) is 2. The summed E-state index contributed by atoms with van der Waals surface area (Å²) in [6, 6.07) is 3.76. The first-order valence-electron chi connectivity index (χ1n) is 7.19. The summed E-state index contributed by atoms with van der Waals surface area (Å²) in [5.41, 5.74) is 1.74. The van der Waals surface area contributed by atoms with Crippen molar-refractivity contribution in [3.05, 3.63) is 18.0 Å². The maximum Gasteiger partial charge on any atom is 0.305 e. The molecule has 2 heterocycles. The Bertz CT molecular complexity index is 678. The second-order valence-electron chi connectivity index (χ2n) is 5.12. The number of aliphatic carboxylic acids is 1. The van der Waals surface area contributed by atoms with E-state index in [0.717, 1.165) is 36.1 Å². The third-order valence-corrected chi connectivity index (χ3v) is 3.62. The van der Waals surface area contributed by atoms with Gasteiger partial charge in [0.05, 0.1) is 17.5 Å². The van der Waals surface area contributed by atoms with Crippen LogP contribution in [0.1, 0.15) is 32.0 Å². The molecule has 0 radical (unpaired) electrons. The van der Waals surface area contributed by atoms with Gasteiger partial charge >= 0.3 is 5.97 Å². The van der Waals surface area contributed by atoms with E-state index < -0.39 is 5.97 Å². The lowest BCUT2D eigenvalue weighted by atomic mass is 10.2. The van der Waals surface area contributed by atoms with Crippen molar-refractivity contribution in [3.63, 3.8) is 0 Å². The Balaban J connectivity index is 2.02. The van der Waals surface area contributed by atoms with Crippen LogP contribution in [0.4, 0.5) is 0 Å². The molecule has 0 unspecified atom stereocenters. The van der Waals surface area contributed by atoms with E-state index in [1.807, 2.05) is 16.7 Å². The van der Waals surface area contributed by atoms with Crippen LogP contribution in [0.5, 0.6) is 11.5 Å². The molecule has 0 amide bonds. The van der Waals surface area contributed by atoms with Gasteiger partial charge in [0.1, 0.15) is 5.82 Å². The van der Waals surface area contributed by atoms with Gasteiger partial charge in [0, 0.05) is 25.1 Å². The van der Waals surface area contributed by atoms with Crippen molar-refractivity contribution in [2.75, 3.05) is 6.79 Å². The van der Waals surface area contributed by atoms with Crippen molar-refractivity contribution < 1.29 is 19.4 Å². The van der Waals surface area contributed by atoms with Gasteiger partial charge in [-0.1, -0.05) is 13.3 Å². The summed E-state index contributed by atoms with van der Waals surface area (Å²) >= 11 is 0. The summed E-state index contributed by atoms with van der Waals surface area (Å²) in [5.74, 6) is 1.52. The molecule has 0 atom stereocenters. The Labute approximate surface area is 122 Å². The highest BCUT2D eigenvalue weighted by atomic mass is 16.7. The van der Waals surface area contributed by atoms with Crippen LogP contribution >= 0.6 is 0 Å². The Hall–Kier alpha value is -2.24. The first-order chi connectivity index (χ1) is 10.2. The highest BCUT2D eigenvalue weighted by Crippen LogP contribution is 2.36. The number of imidazole rings is 1. The zero-order chi connectivity index (χ0) is 14.8. The first-order valence-corrected chi connectivity index (χ1v) is 7.19. The molecule has 6 nitrogen and oxygen atoms in total. The summed E-state index contributed by atoms with van der Waals surface area (Å²) in [5, 5.41) is 8.93. The Morgan fingerprint density at radius 1 is 1.38 bits per heavy atom. The van der Waals surface area contributed by atoms with E-state index >= 15 is 0 Å². The minimum atomic E-state index is -0.806. The van der Waals surface area contributed by atoms with Crippen molar-refractivity contribution in [2.24, 2.45) is 0 Å². The Kier molecular flexibility index (Phi) is 3.68. The maximum absolute atomic E-state index is 10.9. The quantitative estimate of drug-likeness (QED) is 0.885. The molecule has 3 rings (SSSR count). The smallest absolute Gasteiger partial charge is 0.305 e. The number of rotatable bonds is 6. The van der Waals surface area contributed by atoms with Gasteiger partial charge in [0.25, 0.3) is 0 Å². The maximum atomic E-state index is 10.9. The molecule has 6 heteroatoms. The van der Waals surface area contributed by atoms with Gasteiger partial charge in [-0.15, -0.1) is 0 Å². The van der Waals surface area contributed by atoms with Crippen molar-refractivity contribution in [2.45, 2.75) is 39.2 Å². The zero-order valence-corrected chi connectivity index (χ0v) is 12.0. The van der Waals surface area contributed by atoms with Crippen molar-refractivity contribution in [1.29, 1.82) is 0 Å². The fourth-order valence-corrected chi connectivity index (χ4v) is 2.55. The van der Waals surface area contributed by atoms with Crippen LogP contribution in [0.3, 0.4) is 0 Å². The van der Waals surface area contributed by atoms with Crippen LogP contribution in [0.2, 0.25) is 0 Å². The molecule has 1 aromatic carbocycles. The van der Waals surface area contributed by atoms with Gasteiger partial charge in [-0.2, -0.15) is 0 Å². The number of hydrogen-bond acceptors (Lipinski definition) is 4. The van der Waals surface area contributed by atoms with Crippen LogP contribution in [0, 0.1) is 0 Å². The van der Waals surface area contributed by atoms with Gasteiger partial charge < -0.3 is 19.1 Å². The van der Waals surface area contributed by atoms with Gasteiger partial charge in [0.15, 0.2) is 11.5 Å². The van der Waals surface area contributed by atoms with Gasteiger partial charge in [-0.3, -0.25) is 4.79 Å². The Morgan fingerprint density at radius 3 is 2.86 bits per heavy atom. The second kappa shape index (κ2) is 5.63. The topological polar surface area (TPSA) is 73.6 Å². The number of carboxylic acids is 1. The summed E-state index contributed by atoms with van der Waals surface area (Å²) < 4.78 is 12.8. The molecule has 0 spiro atoms. The number of unbranched alkanes of at least 4 members (excludes halogenated alkanes) is 1. The van der Waals surface area contributed by atoms with Crippen LogP contribution in [-0.4, -0.2) is 27.4 Å². The number of hydrogen-bond donors (Lipinski definition) is 1. The summed E-state index contributed by atoms with van der Waals surface area (Å²) in [7, 11) is 0. The number of carbonyl (C=O) groups is 1. The molecular weight excluding hydrogens is 272 g/mol. The van der Waals surface area contributed by atoms with Crippen LogP contribution in [0.25, 0.3) is 11.0 Å². The molecule has 0 saturated heterocycles. The summed E-state index contributed by atoms with van der Waals surface area (Å²) in [6.45, 7) is 2.77. The fraction of sp³-hybridized carbons (Fsp3) is 0.467. The minimum absolute atomic E-state index is 0.0824. The average molecular weight is 290 g/mol. The molecule has 0 aliphatic carbocycles. The number of benzene rings is 1. The summed E-state index contributed by atoms with van der Waals surface area (Å²) in [4.78, 5) is 15.5. The molecule has 1 aliphatic rings. The summed E-state index contributed by atoms with van der Waals surface area (Å²) in [6.07, 6.45) is 3.03. The normalized spacial score (nSPS) is 13.0. The van der Waals surface area contributed by atoms with Crippen molar-refractivity contribution >= 4 is 17.0 Å². The van der Waals surface area contributed by atoms with E-state index in [1.54, 1.807) is 0 Å². The molecule has 0 fully saturated rings. The number of aryl methyl sites for hydroxylation is 2. The molecule has 0 saturated carbocycles. The van der Waals surface area contributed by atoms with Crippen LogP contribution in [0.15, 0.2) is 12.1 Å². The van der Waals surface area contributed by atoms with E-state index in [4.69, 9.17) is 14.6 Å². The predicted molar refractivity (Wildman–Crippen MR) is 76.7 cm³/mol. The van der Waals surface area contributed by atoms with E-state index in [9.17, 15) is 4.79 Å². The van der Waals surface area contributed by atoms with Crippen molar-refractivity contribution in [1.82, 2.24) is 9.55 Å². The number of carboxylic acid groups (broad SMARTS) is 1. The molecule has 1 aliphatic heterocycles. The predicted octanol–water partition coefficient (Wildman–Crippen LogP) is 2.58. The third kappa shape index (κ3) is 2.66. The van der Waals surface area contributed by atoms with Gasteiger partial charge in [-0.05, 0) is 6.42 Å². The van der Waals surface area contributed by atoms with Crippen molar-refractivity contribution in [3.8, 4) is 11.5 Å². The minimum Gasteiger partial charge on any atom is -0.481 e. The number of aromatic nitrogens is 2. The first kappa shape index (κ1) is 13.7. The monoisotopic (exact) mass is 290 g/mol. The number of fused-ring (bicyclic) bond motifs is 2. The molecule has 1 N–H and O–H groups in total. The highest BCUT2D eigenvalue weighted by Gasteiger charge is 2.19. The molecule has 2 aromatic rings. The van der Waals surface area contributed by atoms with Gasteiger partial charge in [-0.25, -0.2) is 4.98 Å². The molecule has 112 valence electrons. The lowest BCUT2D eigenvalue weighted by Crippen LogP contribution is -2.08. The average Bonchev–Trinajstić information content (AvgIpc) is 3.03. The fourth-order valence-electron chi connectivity index (χ4n) is 2.55. The number of ether oxygens (including phenoxy) is 2. The highest BCUT2D eigenvalue weighted by molar-refractivity contribution is 5.81. The zero-order valence-electron chi connectivity index (χ0n) is 12.0. The standard InChI is InChI=1S/C15H18N2O4/c1-2-3-4-14-16-10-7-12-13(21-9-20-12)8-11(10)17(14)6-5-15(18)19/h7-8H,2-6,9H2,1H3,(H,18,19). The lowest BCUT2D eigenvalue weighted by molar-refractivity contribution is -0.137. The SMILES string of the molecule is CCCCc1nc2cc3c(cc2n1CCC(=O)O)OCO3. The lowest BCUT2D eigenvalue weighted by Gasteiger charge is -2.07. The molecule has 1 aromatic heterocycles. The van der Waals surface area contributed by atoms with E-state index in [2.05, 4.69) is 11.9 Å².